The first-order valence-electron chi connectivity index (χ1n) is 8.43. The minimum atomic E-state index is -0.0422. The molecule has 2 nitrogen and oxygen atoms in total. The van der Waals surface area contributed by atoms with Crippen LogP contribution in [0.15, 0.2) is 36.5 Å². The Kier molecular flexibility index (Phi) is 4.81. The summed E-state index contributed by atoms with van der Waals surface area (Å²) in [5.74, 6) is 1.06. The van der Waals surface area contributed by atoms with E-state index in [9.17, 15) is 9.90 Å². The van der Waals surface area contributed by atoms with Crippen molar-refractivity contribution in [2.24, 2.45) is 22.7 Å². The van der Waals surface area contributed by atoms with Gasteiger partial charge in [0.1, 0.15) is 0 Å². The number of hydrogen-bond donors (Lipinski definition) is 1. The van der Waals surface area contributed by atoms with Crippen molar-refractivity contribution in [3.63, 3.8) is 0 Å². The van der Waals surface area contributed by atoms with Crippen LogP contribution >= 0.6 is 0 Å². The molecule has 0 aromatic rings. The van der Waals surface area contributed by atoms with Crippen molar-refractivity contribution in [2.45, 2.75) is 52.9 Å². The van der Waals surface area contributed by atoms with Gasteiger partial charge in [0.15, 0.2) is 5.78 Å². The maximum Gasteiger partial charge on any atom is 0.156 e. The standard InChI is InChI=1S/C20H30O2/c1-6-14(2)7-9-19(4)15(3)8-10-20(5)16(13-21)11-17(22)12-18(19)20/h6,11,15,18,21H,1-2,7-10,12-13H2,3-5H3. The molecule has 0 aliphatic heterocycles. The highest BCUT2D eigenvalue weighted by molar-refractivity contribution is 5.92. The molecule has 0 saturated heterocycles. The van der Waals surface area contributed by atoms with E-state index in [1.54, 1.807) is 6.08 Å². The predicted molar refractivity (Wildman–Crippen MR) is 91.5 cm³/mol. The van der Waals surface area contributed by atoms with Gasteiger partial charge in [-0.2, -0.15) is 0 Å². The molecule has 2 aliphatic carbocycles. The Morgan fingerprint density at radius 1 is 1.50 bits per heavy atom. The summed E-state index contributed by atoms with van der Waals surface area (Å²) in [6, 6.07) is 0. The highest BCUT2D eigenvalue weighted by atomic mass is 16.3. The molecule has 22 heavy (non-hydrogen) atoms. The Hall–Kier alpha value is -1.15. The van der Waals surface area contributed by atoms with Crippen molar-refractivity contribution in [1.82, 2.24) is 0 Å². The van der Waals surface area contributed by atoms with E-state index in [0.29, 0.717) is 18.3 Å². The second kappa shape index (κ2) is 6.16. The van der Waals surface area contributed by atoms with Crippen molar-refractivity contribution < 1.29 is 9.90 Å². The van der Waals surface area contributed by atoms with Gasteiger partial charge in [0.05, 0.1) is 6.61 Å². The van der Waals surface area contributed by atoms with E-state index in [2.05, 4.69) is 33.9 Å². The molecule has 0 spiro atoms. The Labute approximate surface area is 135 Å². The van der Waals surface area contributed by atoms with Crippen molar-refractivity contribution in [3.8, 4) is 0 Å². The van der Waals surface area contributed by atoms with Crippen LogP contribution in [0.4, 0.5) is 0 Å². The number of allylic oxidation sites excluding steroid dienone is 3. The van der Waals surface area contributed by atoms with Gasteiger partial charge in [-0.15, -0.1) is 0 Å². The highest BCUT2D eigenvalue weighted by Gasteiger charge is 2.54. The van der Waals surface area contributed by atoms with Gasteiger partial charge in [-0.25, -0.2) is 0 Å². The average molecular weight is 302 g/mol. The van der Waals surface area contributed by atoms with Crippen molar-refractivity contribution in [2.75, 3.05) is 6.61 Å². The molecular formula is C20H30O2. The largest absolute Gasteiger partial charge is 0.392 e. The first-order chi connectivity index (χ1) is 10.3. The number of ketones is 1. The SMILES string of the molecule is C=CC(=C)CCC1(C)C(C)CCC2(C)C(CO)=CC(=O)CC21. The zero-order valence-corrected chi connectivity index (χ0v) is 14.3. The van der Waals surface area contributed by atoms with E-state index in [1.807, 2.05) is 6.08 Å². The molecule has 4 unspecified atom stereocenters. The minimum Gasteiger partial charge on any atom is -0.392 e. The average Bonchev–Trinajstić information content (AvgIpc) is 2.50. The fourth-order valence-corrected chi connectivity index (χ4v) is 4.73. The summed E-state index contributed by atoms with van der Waals surface area (Å²) in [5.41, 5.74) is 2.07. The number of carbonyl (C=O) groups is 1. The first kappa shape index (κ1) is 17.2. The minimum absolute atomic E-state index is 0.00255. The lowest BCUT2D eigenvalue weighted by Crippen LogP contribution is -2.51. The second-order valence-electron chi connectivity index (χ2n) is 7.78. The molecule has 2 aliphatic rings. The highest BCUT2D eigenvalue weighted by Crippen LogP contribution is 2.61. The second-order valence-corrected chi connectivity index (χ2v) is 7.78. The van der Waals surface area contributed by atoms with E-state index in [4.69, 9.17) is 0 Å². The van der Waals surface area contributed by atoms with Crippen molar-refractivity contribution in [1.29, 1.82) is 0 Å². The molecule has 1 N–H and O–H groups in total. The molecule has 2 rings (SSSR count). The Morgan fingerprint density at radius 2 is 2.18 bits per heavy atom. The third kappa shape index (κ3) is 2.74. The van der Waals surface area contributed by atoms with Crippen molar-refractivity contribution >= 4 is 5.78 Å². The summed E-state index contributed by atoms with van der Waals surface area (Å²) < 4.78 is 0. The maximum atomic E-state index is 12.2. The number of fused-ring (bicyclic) bond motifs is 1. The number of aliphatic hydroxyl groups excluding tert-OH is 1. The van der Waals surface area contributed by atoms with E-state index in [0.717, 1.165) is 36.8 Å². The summed E-state index contributed by atoms with van der Waals surface area (Å²) in [6.07, 6.45) is 8.33. The van der Waals surface area contributed by atoms with Gasteiger partial charge in [0, 0.05) is 6.42 Å². The van der Waals surface area contributed by atoms with Crippen LogP contribution in [0.25, 0.3) is 0 Å². The third-order valence-electron chi connectivity index (χ3n) is 6.71. The third-order valence-corrected chi connectivity index (χ3v) is 6.71. The van der Waals surface area contributed by atoms with E-state index in [-0.39, 0.29) is 23.2 Å². The van der Waals surface area contributed by atoms with Crippen LogP contribution in [0, 0.1) is 22.7 Å². The lowest BCUT2D eigenvalue weighted by molar-refractivity contribution is -0.124. The van der Waals surface area contributed by atoms with E-state index in [1.165, 1.54) is 0 Å². The number of aliphatic hydroxyl groups is 1. The molecule has 1 saturated carbocycles. The Balaban J connectivity index is 2.36. The fraction of sp³-hybridized carbons (Fsp3) is 0.650. The molecule has 0 aromatic heterocycles. The number of rotatable bonds is 5. The summed E-state index contributed by atoms with van der Waals surface area (Å²) in [6.45, 7) is 14.8. The van der Waals surface area contributed by atoms with Gasteiger partial charge in [-0.3, -0.25) is 4.79 Å². The molecule has 0 bridgehead atoms. The zero-order valence-electron chi connectivity index (χ0n) is 14.3. The molecule has 4 atom stereocenters. The first-order valence-corrected chi connectivity index (χ1v) is 8.43. The lowest BCUT2D eigenvalue weighted by Gasteiger charge is -2.57. The molecule has 0 radical (unpaired) electrons. The smallest absolute Gasteiger partial charge is 0.156 e. The summed E-state index contributed by atoms with van der Waals surface area (Å²) in [4.78, 5) is 12.2. The van der Waals surface area contributed by atoms with Gasteiger partial charge in [-0.1, -0.05) is 45.6 Å². The predicted octanol–water partition coefficient (Wildman–Crippen LogP) is 4.46. The molecule has 0 amide bonds. The van der Waals surface area contributed by atoms with Crippen LogP contribution in [0.1, 0.15) is 52.9 Å². The van der Waals surface area contributed by atoms with Crippen LogP contribution in [0.2, 0.25) is 0 Å². The molecule has 122 valence electrons. The fourth-order valence-electron chi connectivity index (χ4n) is 4.73. The quantitative estimate of drug-likeness (QED) is 0.761. The number of hydrogen-bond acceptors (Lipinski definition) is 2. The Bertz CT molecular complexity index is 516. The van der Waals surface area contributed by atoms with Gasteiger partial charge >= 0.3 is 0 Å². The normalized spacial score (nSPS) is 38.2. The summed E-state index contributed by atoms with van der Waals surface area (Å²) >= 11 is 0. The molecule has 0 aromatic carbocycles. The maximum absolute atomic E-state index is 12.2. The van der Waals surface area contributed by atoms with Gasteiger partial charge in [0.25, 0.3) is 0 Å². The monoisotopic (exact) mass is 302 g/mol. The molecule has 1 fully saturated rings. The molecular weight excluding hydrogens is 272 g/mol. The summed E-state index contributed by atoms with van der Waals surface area (Å²) in [7, 11) is 0. The molecule has 2 heteroatoms. The topological polar surface area (TPSA) is 37.3 Å². The van der Waals surface area contributed by atoms with Crippen LogP contribution in [-0.4, -0.2) is 17.5 Å². The van der Waals surface area contributed by atoms with Crippen LogP contribution < -0.4 is 0 Å². The van der Waals surface area contributed by atoms with E-state index < -0.39 is 0 Å². The Morgan fingerprint density at radius 3 is 2.77 bits per heavy atom. The zero-order chi connectivity index (χ0) is 16.5. The summed E-state index contributed by atoms with van der Waals surface area (Å²) in [5, 5.41) is 9.76. The lowest BCUT2D eigenvalue weighted by atomic mass is 9.46. The van der Waals surface area contributed by atoms with Crippen molar-refractivity contribution in [3.05, 3.63) is 36.5 Å². The van der Waals surface area contributed by atoms with Crippen LogP contribution in [0.5, 0.6) is 0 Å². The molecule has 0 heterocycles. The van der Waals surface area contributed by atoms with Gasteiger partial charge in [-0.05, 0) is 60.0 Å². The van der Waals surface area contributed by atoms with Crippen LogP contribution in [0.3, 0.4) is 0 Å². The number of carbonyl (C=O) groups excluding carboxylic acids is 1. The van der Waals surface area contributed by atoms with Crippen LogP contribution in [-0.2, 0) is 4.79 Å². The van der Waals surface area contributed by atoms with E-state index >= 15 is 0 Å². The van der Waals surface area contributed by atoms with Gasteiger partial charge < -0.3 is 5.11 Å². The van der Waals surface area contributed by atoms with Gasteiger partial charge in [0.2, 0.25) is 0 Å².